The van der Waals surface area contributed by atoms with Crippen molar-refractivity contribution in [3.05, 3.63) is 89.7 Å². The minimum Gasteiger partial charge on any atom is -0.236 e. The molecule has 8 heteroatoms. The van der Waals surface area contributed by atoms with Gasteiger partial charge in [0.15, 0.2) is 5.03 Å². The number of pyridine rings is 1. The third-order valence-electron chi connectivity index (χ3n) is 4.49. The lowest BCUT2D eigenvalue weighted by molar-refractivity contribution is 0.587. The number of nitrogens with zero attached hydrogens (tertiary/aromatic N) is 2. The van der Waals surface area contributed by atoms with Crippen molar-refractivity contribution in [2.24, 2.45) is 0 Å². The molecule has 148 valence electrons. The van der Waals surface area contributed by atoms with Crippen LogP contribution in [0.25, 0.3) is 22.0 Å². The predicted molar refractivity (Wildman–Crippen MR) is 104 cm³/mol. The van der Waals surface area contributed by atoms with Crippen molar-refractivity contribution < 1.29 is 21.6 Å². The van der Waals surface area contributed by atoms with Gasteiger partial charge in [0.1, 0.15) is 17.5 Å². The summed E-state index contributed by atoms with van der Waals surface area (Å²) in [7, 11) is -4.34. The molecule has 4 nitrogen and oxygen atoms in total. The fraction of sp³-hybridized carbons (Fsp3) is 0. The van der Waals surface area contributed by atoms with Crippen molar-refractivity contribution in [3.8, 4) is 17.2 Å². The van der Waals surface area contributed by atoms with Gasteiger partial charge in [0.05, 0.1) is 22.0 Å². The van der Waals surface area contributed by atoms with Crippen LogP contribution in [0.1, 0.15) is 5.56 Å². The molecule has 0 atom stereocenters. The zero-order valence-electron chi connectivity index (χ0n) is 15.1. The van der Waals surface area contributed by atoms with Gasteiger partial charge in [0.25, 0.3) is 0 Å². The van der Waals surface area contributed by atoms with Crippen LogP contribution in [0.15, 0.2) is 76.7 Å². The van der Waals surface area contributed by atoms with Gasteiger partial charge in [-0.05, 0) is 59.7 Å². The molecule has 4 rings (SSSR count). The molecule has 0 bridgehead atoms. The van der Waals surface area contributed by atoms with Crippen molar-refractivity contribution in [1.82, 2.24) is 4.98 Å². The van der Waals surface area contributed by atoms with Crippen LogP contribution in [0.4, 0.5) is 13.2 Å². The second kappa shape index (κ2) is 7.28. The summed E-state index contributed by atoms with van der Waals surface area (Å²) in [6.07, 6.45) is 0. The molecule has 0 fully saturated rings. The molecule has 0 unspecified atom stereocenters. The quantitative estimate of drug-likeness (QED) is 0.463. The Kier molecular flexibility index (Phi) is 4.76. The smallest absolute Gasteiger partial charge is 0.224 e. The maximum absolute atomic E-state index is 13.8. The minimum atomic E-state index is -4.34. The summed E-state index contributed by atoms with van der Waals surface area (Å²) in [5.41, 5.74) is 0.769. The van der Waals surface area contributed by atoms with Gasteiger partial charge in [-0.2, -0.15) is 5.26 Å². The first-order valence-corrected chi connectivity index (χ1v) is 10.1. The van der Waals surface area contributed by atoms with Gasteiger partial charge in [0.2, 0.25) is 9.84 Å². The van der Waals surface area contributed by atoms with E-state index in [0.717, 1.165) is 24.3 Å². The summed E-state index contributed by atoms with van der Waals surface area (Å²) in [5, 5.41) is 9.02. The Bertz CT molecular complexity index is 1440. The number of sulfone groups is 1. The van der Waals surface area contributed by atoms with Crippen molar-refractivity contribution in [1.29, 1.82) is 5.26 Å². The fourth-order valence-electron chi connectivity index (χ4n) is 3.09. The molecule has 3 aromatic carbocycles. The van der Waals surface area contributed by atoms with E-state index in [4.69, 9.17) is 5.26 Å². The van der Waals surface area contributed by atoms with E-state index in [-0.39, 0.29) is 11.1 Å². The lowest BCUT2D eigenvalue weighted by Crippen LogP contribution is -2.06. The molecule has 0 aliphatic carbocycles. The molecule has 0 aliphatic rings. The summed E-state index contributed by atoms with van der Waals surface area (Å²) in [6, 6.07) is 14.8. The highest BCUT2D eigenvalue weighted by Crippen LogP contribution is 2.32. The predicted octanol–water partition coefficient (Wildman–Crippen LogP) is 5.02. The molecule has 0 saturated heterocycles. The number of hydrogen-bond donors (Lipinski definition) is 0. The first-order valence-electron chi connectivity index (χ1n) is 8.60. The third kappa shape index (κ3) is 3.51. The second-order valence-corrected chi connectivity index (χ2v) is 8.36. The highest BCUT2D eigenvalue weighted by atomic mass is 32.2. The van der Waals surface area contributed by atoms with Crippen LogP contribution in [-0.2, 0) is 9.84 Å². The standard InChI is InChI=1S/C22H11F3N2O2S/c23-15-3-1-14(2-4-15)20-11-22(27-21-10-16(24)5-6-19(20)21)30(28,29)18-8-13(12-26)7-17(25)9-18/h1-11H. The highest BCUT2D eigenvalue weighted by molar-refractivity contribution is 7.91. The number of rotatable bonds is 3. The van der Waals surface area contributed by atoms with E-state index in [1.54, 1.807) is 6.07 Å². The Morgan fingerprint density at radius 3 is 2.20 bits per heavy atom. The maximum atomic E-state index is 13.8. The number of aromatic nitrogens is 1. The molecule has 1 aromatic heterocycles. The summed E-state index contributed by atoms with van der Waals surface area (Å²) < 4.78 is 67.2. The summed E-state index contributed by atoms with van der Waals surface area (Å²) >= 11 is 0. The van der Waals surface area contributed by atoms with E-state index in [1.807, 2.05) is 0 Å². The van der Waals surface area contributed by atoms with E-state index < -0.39 is 37.2 Å². The Balaban J connectivity index is 2.01. The molecular weight excluding hydrogens is 413 g/mol. The monoisotopic (exact) mass is 424 g/mol. The Morgan fingerprint density at radius 1 is 0.800 bits per heavy atom. The van der Waals surface area contributed by atoms with E-state index in [9.17, 15) is 21.6 Å². The first kappa shape index (κ1) is 19.6. The number of halogens is 3. The zero-order valence-corrected chi connectivity index (χ0v) is 15.9. The molecule has 4 aromatic rings. The van der Waals surface area contributed by atoms with Crippen molar-refractivity contribution >= 4 is 20.7 Å². The summed E-state index contributed by atoms with van der Waals surface area (Å²) in [5.74, 6) is -1.98. The average molecular weight is 424 g/mol. The van der Waals surface area contributed by atoms with E-state index in [2.05, 4.69) is 4.98 Å². The number of fused-ring (bicyclic) bond motifs is 1. The SMILES string of the molecule is N#Cc1cc(F)cc(S(=O)(=O)c2cc(-c3ccc(F)cc3)c3ccc(F)cc3n2)c1. The molecule has 0 saturated carbocycles. The van der Waals surface area contributed by atoms with Crippen LogP contribution in [0.2, 0.25) is 0 Å². The van der Waals surface area contributed by atoms with Crippen LogP contribution in [0, 0.1) is 28.8 Å². The maximum Gasteiger partial charge on any atom is 0.224 e. The van der Waals surface area contributed by atoms with E-state index >= 15 is 0 Å². The van der Waals surface area contributed by atoms with Crippen molar-refractivity contribution in [2.75, 3.05) is 0 Å². The van der Waals surface area contributed by atoms with Crippen LogP contribution in [0.5, 0.6) is 0 Å². The van der Waals surface area contributed by atoms with E-state index in [1.165, 1.54) is 42.5 Å². The van der Waals surface area contributed by atoms with Gasteiger partial charge < -0.3 is 0 Å². The Morgan fingerprint density at radius 2 is 1.50 bits per heavy atom. The fourth-order valence-corrected chi connectivity index (χ4v) is 4.37. The largest absolute Gasteiger partial charge is 0.236 e. The molecule has 0 spiro atoms. The van der Waals surface area contributed by atoms with Crippen LogP contribution in [0.3, 0.4) is 0 Å². The third-order valence-corrected chi connectivity index (χ3v) is 6.11. The Hall–Kier alpha value is -3.70. The molecular formula is C22H11F3N2O2S. The van der Waals surface area contributed by atoms with Crippen LogP contribution < -0.4 is 0 Å². The molecule has 0 aliphatic heterocycles. The summed E-state index contributed by atoms with van der Waals surface area (Å²) in [6.45, 7) is 0. The molecule has 0 amide bonds. The van der Waals surface area contributed by atoms with Gasteiger partial charge in [-0.15, -0.1) is 0 Å². The number of hydrogen-bond acceptors (Lipinski definition) is 4. The average Bonchev–Trinajstić information content (AvgIpc) is 2.72. The normalized spacial score (nSPS) is 11.4. The van der Waals surface area contributed by atoms with Gasteiger partial charge in [0, 0.05) is 11.5 Å². The molecule has 0 radical (unpaired) electrons. The van der Waals surface area contributed by atoms with Crippen LogP contribution >= 0.6 is 0 Å². The second-order valence-electron chi connectivity index (χ2n) is 6.47. The zero-order chi connectivity index (χ0) is 21.5. The first-order chi connectivity index (χ1) is 14.3. The van der Waals surface area contributed by atoms with Gasteiger partial charge in [-0.3, -0.25) is 0 Å². The summed E-state index contributed by atoms with van der Waals surface area (Å²) in [4.78, 5) is 3.61. The van der Waals surface area contributed by atoms with Crippen molar-refractivity contribution in [3.63, 3.8) is 0 Å². The molecule has 30 heavy (non-hydrogen) atoms. The minimum absolute atomic E-state index is 0.0623. The van der Waals surface area contributed by atoms with Gasteiger partial charge >= 0.3 is 0 Å². The highest BCUT2D eigenvalue weighted by Gasteiger charge is 2.23. The number of nitriles is 1. The van der Waals surface area contributed by atoms with Gasteiger partial charge in [-0.1, -0.05) is 12.1 Å². The Labute approximate surface area is 169 Å². The number of benzene rings is 3. The van der Waals surface area contributed by atoms with Gasteiger partial charge in [-0.25, -0.2) is 26.6 Å². The molecule has 1 heterocycles. The van der Waals surface area contributed by atoms with E-state index in [0.29, 0.717) is 16.5 Å². The lowest BCUT2D eigenvalue weighted by Gasteiger charge is -2.11. The van der Waals surface area contributed by atoms with Crippen LogP contribution in [-0.4, -0.2) is 13.4 Å². The lowest BCUT2D eigenvalue weighted by atomic mass is 10.0. The molecule has 0 N–H and O–H groups in total. The van der Waals surface area contributed by atoms with Crippen molar-refractivity contribution in [2.45, 2.75) is 9.92 Å². The topological polar surface area (TPSA) is 70.8 Å².